The van der Waals surface area contributed by atoms with Gasteiger partial charge in [0.15, 0.2) is 11.0 Å². The Morgan fingerprint density at radius 3 is 2.67 bits per heavy atom. The maximum absolute atomic E-state index is 9.84. The number of β-amino-alcohol motifs (C(OH)–C–C–N with tert-alkyl or cyclic N) is 1. The van der Waals surface area contributed by atoms with Crippen molar-refractivity contribution in [3.63, 3.8) is 0 Å². The molecule has 1 aliphatic rings. The number of aromatic nitrogens is 3. The molecule has 1 saturated heterocycles. The minimum Gasteiger partial charge on any atom is -0.389 e. The van der Waals surface area contributed by atoms with Crippen LogP contribution in [0.5, 0.6) is 0 Å². The molecule has 0 aromatic carbocycles. The lowest BCUT2D eigenvalue weighted by Crippen LogP contribution is -2.49. The minimum atomic E-state index is -0.458. The summed E-state index contributed by atoms with van der Waals surface area (Å²) >= 11 is 5.71. The number of anilines is 2. The third-order valence-electron chi connectivity index (χ3n) is 3.30. The van der Waals surface area contributed by atoms with Gasteiger partial charge in [-0.15, -0.1) is 10.2 Å². The summed E-state index contributed by atoms with van der Waals surface area (Å²) in [5, 5.41) is 17.7. The maximum atomic E-state index is 9.84. The predicted octanol–water partition coefficient (Wildman–Crippen LogP) is -0.373. The molecule has 0 unspecified atom stereocenters. The first-order valence-electron chi connectivity index (χ1n) is 6.99. The van der Waals surface area contributed by atoms with E-state index >= 15 is 0 Å². The van der Waals surface area contributed by atoms with Crippen molar-refractivity contribution in [2.24, 2.45) is 0 Å². The Bertz CT molecular complexity index is 455. The van der Waals surface area contributed by atoms with Gasteiger partial charge < -0.3 is 20.5 Å². The molecule has 1 fully saturated rings. The standard InChI is InChI=1S/C12H21ClN6O2/c1-2-21-8-9(20)7-18-3-5-19(6-4-18)12-15-11(14)10(13)16-17-12/h9,20H,2-8H2,1H3,(H2,14,15,17)/t9-/m1/s1. The Kier molecular flexibility index (Phi) is 5.92. The molecule has 0 bridgehead atoms. The summed E-state index contributed by atoms with van der Waals surface area (Å²) in [5.74, 6) is 0.683. The quantitative estimate of drug-likeness (QED) is 0.733. The first-order valence-corrected chi connectivity index (χ1v) is 7.36. The number of hydrogen-bond donors (Lipinski definition) is 2. The molecule has 0 amide bonds. The fraction of sp³-hybridized carbons (Fsp3) is 0.750. The second-order valence-electron chi connectivity index (χ2n) is 4.89. The molecule has 3 N–H and O–H groups in total. The van der Waals surface area contributed by atoms with Gasteiger partial charge in [0, 0.05) is 39.3 Å². The van der Waals surface area contributed by atoms with E-state index in [1.807, 2.05) is 11.8 Å². The lowest BCUT2D eigenvalue weighted by molar-refractivity contribution is 0.0202. The van der Waals surface area contributed by atoms with Crippen molar-refractivity contribution in [3.8, 4) is 0 Å². The second-order valence-corrected chi connectivity index (χ2v) is 5.25. The average Bonchev–Trinajstić information content (AvgIpc) is 2.49. The van der Waals surface area contributed by atoms with Gasteiger partial charge in [-0.1, -0.05) is 11.6 Å². The highest BCUT2D eigenvalue weighted by Gasteiger charge is 2.21. The topological polar surface area (TPSA) is 101 Å². The molecule has 1 aromatic rings. The molecular weight excluding hydrogens is 296 g/mol. The Labute approximate surface area is 128 Å². The first kappa shape index (κ1) is 16.2. The number of nitrogen functional groups attached to an aromatic ring is 1. The van der Waals surface area contributed by atoms with Crippen LogP contribution < -0.4 is 10.6 Å². The molecule has 1 aromatic heterocycles. The molecule has 2 rings (SSSR count). The van der Waals surface area contributed by atoms with E-state index in [4.69, 9.17) is 22.1 Å². The zero-order valence-corrected chi connectivity index (χ0v) is 12.8. The van der Waals surface area contributed by atoms with Gasteiger partial charge >= 0.3 is 0 Å². The molecule has 9 heteroatoms. The molecule has 1 atom stereocenters. The Morgan fingerprint density at radius 1 is 1.33 bits per heavy atom. The summed E-state index contributed by atoms with van der Waals surface area (Å²) in [5.41, 5.74) is 5.64. The summed E-state index contributed by atoms with van der Waals surface area (Å²) in [6.45, 7) is 6.65. The summed E-state index contributed by atoms with van der Waals surface area (Å²) in [6, 6.07) is 0. The molecule has 0 radical (unpaired) electrons. The minimum absolute atomic E-state index is 0.122. The summed E-state index contributed by atoms with van der Waals surface area (Å²) in [7, 11) is 0. The number of nitrogens with zero attached hydrogens (tertiary/aromatic N) is 5. The molecular formula is C12H21ClN6O2. The predicted molar refractivity (Wildman–Crippen MR) is 80.4 cm³/mol. The van der Waals surface area contributed by atoms with Crippen LogP contribution in [-0.2, 0) is 4.74 Å². The van der Waals surface area contributed by atoms with Gasteiger partial charge in [-0.3, -0.25) is 4.90 Å². The van der Waals surface area contributed by atoms with Crippen LogP contribution in [-0.4, -0.2) is 77.2 Å². The summed E-state index contributed by atoms with van der Waals surface area (Å²) in [6.07, 6.45) is -0.458. The van der Waals surface area contributed by atoms with Crippen molar-refractivity contribution in [2.45, 2.75) is 13.0 Å². The zero-order valence-electron chi connectivity index (χ0n) is 12.1. The van der Waals surface area contributed by atoms with Crippen LogP contribution in [0.25, 0.3) is 0 Å². The van der Waals surface area contributed by atoms with Gasteiger partial charge in [0.1, 0.15) is 0 Å². The number of hydrogen-bond acceptors (Lipinski definition) is 8. The fourth-order valence-corrected chi connectivity index (χ4v) is 2.27. The third kappa shape index (κ3) is 4.63. The van der Waals surface area contributed by atoms with Gasteiger partial charge in [0.2, 0.25) is 5.95 Å². The number of aliphatic hydroxyl groups is 1. The van der Waals surface area contributed by atoms with E-state index in [2.05, 4.69) is 20.1 Å². The molecule has 8 nitrogen and oxygen atoms in total. The van der Waals surface area contributed by atoms with E-state index in [1.54, 1.807) is 0 Å². The van der Waals surface area contributed by atoms with Crippen LogP contribution >= 0.6 is 11.6 Å². The van der Waals surface area contributed by atoms with Crippen molar-refractivity contribution in [3.05, 3.63) is 5.15 Å². The highest BCUT2D eigenvalue weighted by molar-refractivity contribution is 6.31. The third-order valence-corrected chi connectivity index (χ3v) is 3.57. The van der Waals surface area contributed by atoms with E-state index in [0.29, 0.717) is 25.7 Å². The van der Waals surface area contributed by atoms with E-state index in [0.717, 1.165) is 26.2 Å². The van der Waals surface area contributed by atoms with E-state index in [9.17, 15) is 5.11 Å². The number of rotatable bonds is 6. The molecule has 21 heavy (non-hydrogen) atoms. The van der Waals surface area contributed by atoms with Crippen molar-refractivity contribution >= 4 is 23.4 Å². The van der Waals surface area contributed by atoms with Crippen LogP contribution in [0.2, 0.25) is 5.15 Å². The number of piperazine rings is 1. The maximum Gasteiger partial charge on any atom is 0.247 e. The Balaban J connectivity index is 1.81. The van der Waals surface area contributed by atoms with Gasteiger partial charge in [-0.25, -0.2) is 0 Å². The van der Waals surface area contributed by atoms with Crippen LogP contribution in [0.15, 0.2) is 0 Å². The number of ether oxygens (including phenoxy) is 1. The Hall–Kier alpha value is -1.22. The zero-order chi connectivity index (χ0) is 15.2. The lowest BCUT2D eigenvalue weighted by Gasteiger charge is -2.35. The van der Waals surface area contributed by atoms with E-state index in [1.165, 1.54) is 0 Å². The van der Waals surface area contributed by atoms with Crippen LogP contribution in [0, 0.1) is 0 Å². The average molecular weight is 317 g/mol. The van der Waals surface area contributed by atoms with Crippen molar-refractivity contribution in [1.82, 2.24) is 20.1 Å². The van der Waals surface area contributed by atoms with E-state index < -0.39 is 6.10 Å². The van der Waals surface area contributed by atoms with Crippen molar-refractivity contribution in [1.29, 1.82) is 0 Å². The van der Waals surface area contributed by atoms with Crippen LogP contribution in [0.1, 0.15) is 6.92 Å². The monoisotopic (exact) mass is 316 g/mol. The number of nitrogens with two attached hydrogens (primary N) is 1. The molecule has 1 aliphatic heterocycles. The van der Waals surface area contributed by atoms with Crippen LogP contribution in [0.4, 0.5) is 11.8 Å². The smallest absolute Gasteiger partial charge is 0.247 e. The largest absolute Gasteiger partial charge is 0.389 e. The number of aliphatic hydroxyl groups excluding tert-OH is 1. The first-order chi connectivity index (χ1) is 10.1. The van der Waals surface area contributed by atoms with Crippen molar-refractivity contribution < 1.29 is 9.84 Å². The van der Waals surface area contributed by atoms with Crippen molar-refractivity contribution in [2.75, 3.05) is 56.6 Å². The summed E-state index contributed by atoms with van der Waals surface area (Å²) < 4.78 is 5.21. The summed E-state index contributed by atoms with van der Waals surface area (Å²) in [4.78, 5) is 8.33. The van der Waals surface area contributed by atoms with E-state index in [-0.39, 0.29) is 11.0 Å². The van der Waals surface area contributed by atoms with Gasteiger partial charge in [0.25, 0.3) is 0 Å². The fourth-order valence-electron chi connectivity index (χ4n) is 2.19. The molecule has 118 valence electrons. The van der Waals surface area contributed by atoms with Crippen LogP contribution in [0.3, 0.4) is 0 Å². The highest BCUT2D eigenvalue weighted by atomic mass is 35.5. The van der Waals surface area contributed by atoms with Gasteiger partial charge in [-0.05, 0) is 6.92 Å². The van der Waals surface area contributed by atoms with Gasteiger partial charge in [-0.2, -0.15) is 4.98 Å². The highest BCUT2D eigenvalue weighted by Crippen LogP contribution is 2.16. The lowest BCUT2D eigenvalue weighted by atomic mass is 10.2. The van der Waals surface area contributed by atoms with Gasteiger partial charge in [0.05, 0.1) is 12.7 Å². The molecule has 0 saturated carbocycles. The normalized spacial score (nSPS) is 18.0. The number of halogens is 1. The molecule has 0 spiro atoms. The molecule has 0 aliphatic carbocycles. The molecule has 2 heterocycles. The SMILES string of the molecule is CCOC[C@H](O)CN1CCN(c2nnc(Cl)c(N)n2)CC1. The second kappa shape index (κ2) is 7.69. The Morgan fingerprint density at radius 2 is 2.05 bits per heavy atom.